The molecule has 0 saturated carbocycles. The van der Waals surface area contributed by atoms with E-state index in [0.29, 0.717) is 22.0 Å². The molecule has 0 radical (unpaired) electrons. The van der Waals surface area contributed by atoms with E-state index in [1.807, 2.05) is 0 Å². The van der Waals surface area contributed by atoms with Crippen molar-refractivity contribution in [1.29, 1.82) is 0 Å². The number of aromatic amines is 1. The summed E-state index contributed by atoms with van der Waals surface area (Å²) in [5.74, 6) is -1.59. The van der Waals surface area contributed by atoms with Crippen molar-refractivity contribution in [3.63, 3.8) is 0 Å². The van der Waals surface area contributed by atoms with Crippen LogP contribution in [0.25, 0.3) is 0 Å². The number of amides is 1. The molecule has 0 aliphatic carbocycles. The van der Waals surface area contributed by atoms with E-state index in [1.165, 1.54) is 12.5 Å². The van der Waals surface area contributed by atoms with Gasteiger partial charge in [-0.15, -0.1) is 0 Å². The third kappa shape index (κ3) is 2.58. The fourth-order valence-corrected chi connectivity index (χ4v) is 2.50. The summed E-state index contributed by atoms with van der Waals surface area (Å²) < 4.78 is 0. The van der Waals surface area contributed by atoms with Gasteiger partial charge in [0.25, 0.3) is 5.91 Å². The van der Waals surface area contributed by atoms with Crippen molar-refractivity contribution in [3.05, 3.63) is 47.0 Å². The van der Waals surface area contributed by atoms with Crippen molar-refractivity contribution in [2.24, 2.45) is 4.99 Å². The summed E-state index contributed by atoms with van der Waals surface area (Å²) in [6.07, 6.45) is 3.08. The molecule has 0 unspecified atom stereocenters. The molecule has 8 heteroatoms. The minimum atomic E-state index is -1.13. The Hall–Kier alpha value is -2.67. The number of carboxylic acids is 1. The Kier molecular flexibility index (Phi) is 3.64. The zero-order valence-corrected chi connectivity index (χ0v) is 12.0. The van der Waals surface area contributed by atoms with E-state index in [0.717, 1.165) is 0 Å². The number of rotatable bonds is 4. The lowest BCUT2D eigenvalue weighted by atomic mass is 10.1. The monoisotopic (exact) mass is 318 g/mol. The molecular formula is C14H11ClN4O3. The van der Waals surface area contributed by atoms with Crippen LogP contribution < -0.4 is 5.32 Å². The standard InChI is InChI=1S/C14H11ClN4O3/c15-8-2-1-3-9-11(8)12(13(20)19-9)18-10(14(21)22)4-7-5-16-6-17-7/h1-3,5-6,10H,4H2,(H,16,17)(H,21,22)(H,18,19,20)/t10-/m0/s1. The van der Waals surface area contributed by atoms with Crippen LogP contribution in [0, 0.1) is 0 Å². The highest BCUT2D eigenvalue weighted by Crippen LogP contribution is 2.30. The molecular weight excluding hydrogens is 308 g/mol. The van der Waals surface area contributed by atoms with Crippen molar-refractivity contribution < 1.29 is 14.7 Å². The second kappa shape index (κ2) is 5.61. The lowest BCUT2D eigenvalue weighted by molar-refractivity contribution is -0.138. The van der Waals surface area contributed by atoms with Gasteiger partial charge in [0.05, 0.1) is 17.0 Å². The Bertz CT molecular complexity index is 770. The normalized spacial score (nSPS) is 16.4. The highest BCUT2D eigenvalue weighted by Gasteiger charge is 2.30. The van der Waals surface area contributed by atoms with Crippen LogP contribution in [0.5, 0.6) is 0 Å². The van der Waals surface area contributed by atoms with Gasteiger partial charge in [0, 0.05) is 23.9 Å². The summed E-state index contributed by atoms with van der Waals surface area (Å²) in [5.41, 5.74) is 1.62. The van der Waals surface area contributed by atoms with Crippen LogP contribution in [-0.4, -0.2) is 38.7 Å². The predicted molar refractivity (Wildman–Crippen MR) is 80.3 cm³/mol. The van der Waals surface area contributed by atoms with E-state index in [-0.39, 0.29) is 12.1 Å². The Morgan fingerprint density at radius 1 is 1.45 bits per heavy atom. The molecule has 2 heterocycles. The number of carboxylic acid groups (broad SMARTS) is 1. The van der Waals surface area contributed by atoms with Crippen LogP contribution in [0.3, 0.4) is 0 Å². The minimum Gasteiger partial charge on any atom is -0.480 e. The van der Waals surface area contributed by atoms with Gasteiger partial charge in [0.2, 0.25) is 0 Å². The van der Waals surface area contributed by atoms with Gasteiger partial charge in [0.15, 0.2) is 6.04 Å². The fraction of sp³-hybridized carbons (Fsp3) is 0.143. The van der Waals surface area contributed by atoms with Crippen LogP contribution in [0.1, 0.15) is 11.3 Å². The number of halogens is 1. The number of aliphatic imine (C=N–C) groups is 1. The first-order chi connectivity index (χ1) is 10.6. The van der Waals surface area contributed by atoms with Gasteiger partial charge in [-0.2, -0.15) is 0 Å². The molecule has 1 aliphatic heterocycles. The first kappa shape index (κ1) is 14.3. The molecule has 0 spiro atoms. The van der Waals surface area contributed by atoms with E-state index in [2.05, 4.69) is 20.3 Å². The summed E-state index contributed by atoms with van der Waals surface area (Å²) in [7, 11) is 0. The van der Waals surface area contributed by atoms with Crippen molar-refractivity contribution in [1.82, 2.24) is 9.97 Å². The molecule has 1 aromatic carbocycles. The van der Waals surface area contributed by atoms with E-state index in [1.54, 1.807) is 18.2 Å². The number of H-pyrrole nitrogens is 1. The molecule has 0 bridgehead atoms. The molecule has 0 saturated heterocycles. The van der Waals surface area contributed by atoms with Gasteiger partial charge in [-0.25, -0.2) is 9.78 Å². The molecule has 3 N–H and O–H groups in total. The van der Waals surface area contributed by atoms with Gasteiger partial charge in [0.1, 0.15) is 5.71 Å². The Balaban J connectivity index is 1.99. The number of nitrogens with zero attached hydrogens (tertiary/aromatic N) is 2. The smallest absolute Gasteiger partial charge is 0.328 e. The van der Waals surface area contributed by atoms with Crippen LogP contribution in [0.2, 0.25) is 5.02 Å². The lowest BCUT2D eigenvalue weighted by Crippen LogP contribution is -2.25. The van der Waals surface area contributed by atoms with Gasteiger partial charge in [-0.1, -0.05) is 17.7 Å². The SMILES string of the molecule is O=C1Nc2cccc(Cl)c2C1=N[C@@H](Cc1cnc[nH]1)C(=O)O. The van der Waals surface area contributed by atoms with Gasteiger partial charge in [-0.3, -0.25) is 9.79 Å². The summed E-state index contributed by atoms with van der Waals surface area (Å²) in [5, 5.41) is 12.3. The molecule has 7 nitrogen and oxygen atoms in total. The molecule has 22 heavy (non-hydrogen) atoms. The van der Waals surface area contributed by atoms with Gasteiger partial charge >= 0.3 is 5.97 Å². The third-order valence-corrected chi connectivity index (χ3v) is 3.57. The van der Waals surface area contributed by atoms with Crippen LogP contribution in [0.4, 0.5) is 5.69 Å². The summed E-state index contributed by atoms with van der Waals surface area (Å²) in [6, 6.07) is 3.90. The molecule has 1 aromatic heterocycles. The van der Waals surface area contributed by atoms with Crippen molar-refractivity contribution in [3.8, 4) is 0 Å². The fourth-order valence-electron chi connectivity index (χ4n) is 2.24. The first-order valence-electron chi connectivity index (χ1n) is 6.44. The largest absolute Gasteiger partial charge is 0.480 e. The van der Waals surface area contributed by atoms with Gasteiger partial charge in [-0.05, 0) is 12.1 Å². The Morgan fingerprint density at radius 2 is 2.27 bits per heavy atom. The highest BCUT2D eigenvalue weighted by atomic mass is 35.5. The number of fused-ring (bicyclic) bond motifs is 1. The van der Waals surface area contributed by atoms with E-state index in [4.69, 9.17) is 11.6 Å². The van der Waals surface area contributed by atoms with Crippen LogP contribution in [-0.2, 0) is 16.0 Å². The maximum Gasteiger partial charge on any atom is 0.328 e. The number of nitrogens with one attached hydrogen (secondary N) is 2. The minimum absolute atomic E-state index is 0.0347. The highest BCUT2D eigenvalue weighted by molar-refractivity contribution is 6.56. The summed E-state index contributed by atoms with van der Waals surface area (Å²) >= 11 is 6.10. The Labute approximate surface area is 130 Å². The van der Waals surface area contributed by atoms with E-state index >= 15 is 0 Å². The zero-order valence-electron chi connectivity index (χ0n) is 11.2. The molecule has 1 amide bonds. The topological polar surface area (TPSA) is 107 Å². The second-order valence-corrected chi connectivity index (χ2v) is 5.14. The number of imidazole rings is 1. The van der Waals surface area contributed by atoms with E-state index < -0.39 is 17.9 Å². The molecule has 112 valence electrons. The number of benzene rings is 1. The molecule has 0 fully saturated rings. The zero-order chi connectivity index (χ0) is 15.7. The van der Waals surface area contributed by atoms with E-state index in [9.17, 15) is 14.7 Å². The number of carbonyl (C=O) groups excluding carboxylic acids is 1. The maximum absolute atomic E-state index is 12.0. The number of aromatic nitrogens is 2. The van der Waals surface area contributed by atoms with Crippen LogP contribution >= 0.6 is 11.6 Å². The maximum atomic E-state index is 12.0. The molecule has 3 rings (SSSR count). The predicted octanol–water partition coefficient (Wildman–Crippen LogP) is 1.50. The average Bonchev–Trinajstić information content (AvgIpc) is 3.07. The van der Waals surface area contributed by atoms with Gasteiger partial charge < -0.3 is 15.4 Å². The number of hydrogen-bond donors (Lipinski definition) is 3. The molecule has 2 aromatic rings. The summed E-state index contributed by atoms with van der Waals surface area (Å²) in [4.78, 5) is 34.2. The average molecular weight is 319 g/mol. The molecule has 1 aliphatic rings. The third-order valence-electron chi connectivity index (χ3n) is 3.25. The van der Waals surface area contributed by atoms with Crippen molar-refractivity contribution in [2.45, 2.75) is 12.5 Å². The number of carbonyl (C=O) groups is 2. The second-order valence-electron chi connectivity index (χ2n) is 4.73. The van der Waals surface area contributed by atoms with Crippen molar-refractivity contribution >= 4 is 34.9 Å². The quantitative estimate of drug-likeness (QED) is 0.794. The number of anilines is 1. The molecule has 1 atom stereocenters. The van der Waals surface area contributed by atoms with Crippen molar-refractivity contribution in [2.75, 3.05) is 5.32 Å². The Morgan fingerprint density at radius 3 is 2.95 bits per heavy atom. The number of hydrogen-bond acceptors (Lipinski definition) is 4. The summed E-state index contributed by atoms with van der Waals surface area (Å²) in [6.45, 7) is 0. The number of aliphatic carboxylic acids is 1. The lowest BCUT2D eigenvalue weighted by Gasteiger charge is -2.08. The first-order valence-corrected chi connectivity index (χ1v) is 6.82. The van der Waals surface area contributed by atoms with Crippen LogP contribution in [0.15, 0.2) is 35.7 Å².